The van der Waals surface area contributed by atoms with E-state index < -0.39 is 0 Å². The Labute approximate surface area is 142 Å². The third kappa shape index (κ3) is 3.73. The zero-order valence-corrected chi connectivity index (χ0v) is 14.0. The monoisotopic (exact) mass is 322 g/mol. The summed E-state index contributed by atoms with van der Waals surface area (Å²) in [7, 11) is 1.65. The Bertz CT molecular complexity index is 738. The number of hydrogen-bond acceptors (Lipinski definition) is 3. The molecule has 0 spiro atoms. The van der Waals surface area contributed by atoms with Gasteiger partial charge < -0.3 is 4.74 Å². The van der Waals surface area contributed by atoms with Crippen LogP contribution in [-0.4, -0.2) is 19.2 Å². The van der Waals surface area contributed by atoms with Gasteiger partial charge in [0.1, 0.15) is 17.8 Å². The smallest absolute Gasteiger partial charge is 0.150 e. The van der Waals surface area contributed by atoms with E-state index in [1.54, 1.807) is 7.11 Å². The maximum Gasteiger partial charge on any atom is 0.150 e. The zero-order chi connectivity index (χ0) is 16.9. The van der Waals surface area contributed by atoms with E-state index in [4.69, 9.17) is 4.74 Å². The first-order valence-electron chi connectivity index (χ1n) is 8.44. The molecule has 3 heteroatoms. The average molecular weight is 322 g/mol. The molecule has 1 aliphatic carbocycles. The summed E-state index contributed by atoms with van der Waals surface area (Å²) in [6.07, 6.45) is 5.06. The Morgan fingerprint density at radius 1 is 1.08 bits per heavy atom. The van der Waals surface area contributed by atoms with Crippen LogP contribution < -0.4 is 4.74 Å². The van der Waals surface area contributed by atoms with Gasteiger partial charge in [0.15, 0.2) is 0 Å². The van der Waals surface area contributed by atoms with E-state index in [1.165, 1.54) is 0 Å². The van der Waals surface area contributed by atoms with Crippen LogP contribution >= 0.6 is 0 Å². The van der Waals surface area contributed by atoms with E-state index in [0.717, 1.165) is 53.6 Å². The molecule has 0 amide bonds. The minimum atomic E-state index is 0.371. The van der Waals surface area contributed by atoms with Crippen molar-refractivity contribution in [1.29, 1.82) is 0 Å². The molecule has 0 bridgehead atoms. The Morgan fingerprint density at radius 3 is 2.54 bits per heavy atom. The van der Waals surface area contributed by atoms with Crippen molar-refractivity contribution in [2.75, 3.05) is 7.11 Å². The van der Waals surface area contributed by atoms with Crippen molar-refractivity contribution in [3.8, 4) is 16.9 Å². The molecule has 1 saturated carbocycles. The molecular weight excluding hydrogens is 300 g/mol. The van der Waals surface area contributed by atoms with Gasteiger partial charge in [0.25, 0.3) is 0 Å². The molecule has 0 N–H and O–H groups in total. The second-order valence-corrected chi connectivity index (χ2v) is 6.45. The van der Waals surface area contributed by atoms with E-state index in [9.17, 15) is 9.59 Å². The van der Waals surface area contributed by atoms with Crippen molar-refractivity contribution in [2.24, 2.45) is 5.92 Å². The molecule has 0 aliphatic heterocycles. The van der Waals surface area contributed by atoms with Crippen LogP contribution in [0.1, 0.15) is 41.6 Å². The van der Waals surface area contributed by atoms with Crippen LogP contribution in [-0.2, 0) is 11.2 Å². The number of benzene rings is 2. The summed E-state index contributed by atoms with van der Waals surface area (Å²) in [6, 6.07) is 13.9. The summed E-state index contributed by atoms with van der Waals surface area (Å²) < 4.78 is 5.27. The molecule has 0 aromatic heterocycles. The van der Waals surface area contributed by atoms with Crippen molar-refractivity contribution in [3.05, 3.63) is 53.6 Å². The Kier molecular flexibility index (Phi) is 5.09. The van der Waals surface area contributed by atoms with Crippen LogP contribution in [0.4, 0.5) is 0 Å². The van der Waals surface area contributed by atoms with Gasteiger partial charge in [0.2, 0.25) is 0 Å². The minimum Gasteiger partial charge on any atom is -0.497 e. The molecule has 2 aromatic carbocycles. The number of methoxy groups -OCH3 is 1. The molecule has 0 saturated heterocycles. The number of carbonyl (C=O) groups is 2. The molecule has 0 radical (unpaired) electrons. The zero-order valence-electron chi connectivity index (χ0n) is 14.0. The number of Topliss-reactive ketones (excluding diaryl/α,β-unsaturated/α-hetero) is 1. The molecule has 1 aliphatic rings. The van der Waals surface area contributed by atoms with Gasteiger partial charge in [-0.3, -0.25) is 9.59 Å². The standard InChI is InChI=1S/C21H22O3/c1-24-21-4-2-3-16(13-21)18-8-7-17(19(12-18)14-22)11-15-5-9-20(23)10-6-15/h2-4,7-8,12-15H,5-6,9-11H2,1H3. The highest BCUT2D eigenvalue weighted by Gasteiger charge is 2.20. The Hall–Kier alpha value is -2.42. The van der Waals surface area contributed by atoms with E-state index in [0.29, 0.717) is 24.5 Å². The molecule has 0 heterocycles. The lowest BCUT2D eigenvalue weighted by Crippen LogP contribution is -2.16. The number of hydrogen-bond donors (Lipinski definition) is 0. The van der Waals surface area contributed by atoms with Crippen molar-refractivity contribution < 1.29 is 14.3 Å². The van der Waals surface area contributed by atoms with Crippen molar-refractivity contribution in [3.63, 3.8) is 0 Å². The quantitative estimate of drug-likeness (QED) is 0.763. The Balaban J connectivity index is 1.82. The maximum absolute atomic E-state index is 11.5. The second-order valence-electron chi connectivity index (χ2n) is 6.45. The van der Waals surface area contributed by atoms with Crippen LogP contribution in [0.25, 0.3) is 11.1 Å². The fourth-order valence-corrected chi connectivity index (χ4v) is 3.39. The summed E-state index contributed by atoms with van der Waals surface area (Å²) in [4.78, 5) is 22.9. The van der Waals surface area contributed by atoms with Crippen LogP contribution in [0.15, 0.2) is 42.5 Å². The van der Waals surface area contributed by atoms with Gasteiger partial charge in [-0.15, -0.1) is 0 Å². The highest BCUT2D eigenvalue weighted by Crippen LogP contribution is 2.29. The lowest BCUT2D eigenvalue weighted by atomic mass is 9.83. The average Bonchev–Trinajstić information content (AvgIpc) is 2.64. The highest BCUT2D eigenvalue weighted by atomic mass is 16.5. The second kappa shape index (κ2) is 7.43. The van der Waals surface area contributed by atoms with Gasteiger partial charge in [-0.25, -0.2) is 0 Å². The van der Waals surface area contributed by atoms with Crippen LogP contribution in [0.3, 0.4) is 0 Å². The van der Waals surface area contributed by atoms with Gasteiger partial charge in [0, 0.05) is 18.4 Å². The normalized spacial score (nSPS) is 15.3. The fraction of sp³-hybridized carbons (Fsp3) is 0.333. The van der Waals surface area contributed by atoms with Gasteiger partial charge >= 0.3 is 0 Å². The highest BCUT2D eigenvalue weighted by molar-refractivity contribution is 5.81. The number of aldehydes is 1. The van der Waals surface area contributed by atoms with Crippen molar-refractivity contribution >= 4 is 12.1 Å². The summed E-state index contributed by atoms with van der Waals surface area (Å²) in [5, 5.41) is 0. The number of ketones is 1. The van der Waals surface area contributed by atoms with Crippen LogP contribution in [0.2, 0.25) is 0 Å². The summed E-state index contributed by atoms with van der Waals surface area (Å²) in [5.41, 5.74) is 3.87. The third-order valence-corrected chi connectivity index (χ3v) is 4.85. The van der Waals surface area contributed by atoms with Crippen LogP contribution in [0.5, 0.6) is 5.75 Å². The molecule has 0 unspecified atom stereocenters. The van der Waals surface area contributed by atoms with Gasteiger partial charge in [-0.1, -0.05) is 24.3 Å². The lowest BCUT2D eigenvalue weighted by molar-refractivity contribution is -0.121. The van der Waals surface area contributed by atoms with E-state index >= 15 is 0 Å². The molecule has 0 atom stereocenters. The van der Waals surface area contributed by atoms with Crippen molar-refractivity contribution in [1.82, 2.24) is 0 Å². The topological polar surface area (TPSA) is 43.4 Å². The molecule has 2 aromatic rings. The molecule has 124 valence electrons. The first-order chi connectivity index (χ1) is 11.7. The third-order valence-electron chi connectivity index (χ3n) is 4.85. The SMILES string of the molecule is COc1cccc(-c2ccc(CC3CCC(=O)CC3)c(C=O)c2)c1. The van der Waals surface area contributed by atoms with E-state index in [2.05, 4.69) is 12.1 Å². The summed E-state index contributed by atoms with van der Waals surface area (Å²) in [5.74, 6) is 1.68. The number of carbonyl (C=O) groups excluding carboxylic acids is 2. The predicted octanol–water partition coefficient (Wildman–Crippen LogP) is 4.48. The van der Waals surface area contributed by atoms with Crippen molar-refractivity contribution in [2.45, 2.75) is 32.1 Å². The molecular formula is C21H22O3. The molecule has 24 heavy (non-hydrogen) atoms. The summed E-state index contributed by atoms with van der Waals surface area (Å²) in [6.45, 7) is 0. The van der Waals surface area contributed by atoms with Gasteiger partial charge in [-0.05, 0) is 60.1 Å². The Morgan fingerprint density at radius 2 is 1.83 bits per heavy atom. The predicted molar refractivity (Wildman–Crippen MR) is 94.5 cm³/mol. The maximum atomic E-state index is 11.5. The lowest BCUT2D eigenvalue weighted by Gasteiger charge is -2.21. The van der Waals surface area contributed by atoms with Gasteiger partial charge in [-0.2, -0.15) is 0 Å². The van der Waals surface area contributed by atoms with Crippen LogP contribution in [0, 0.1) is 5.92 Å². The first-order valence-corrected chi connectivity index (χ1v) is 8.44. The molecule has 3 nitrogen and oxygen atoms in total. The molecule has 3 rings (SSSR count). The first kappa shape index (κ1) is 16.4. The minimum absolute atomic E-state index is 0.371. The van der Waals surface area contributed by atoms with E-state index in [1.807, 2.05) is 30.3 Å². The largest absolute Gasteiger partial charge is 0.497 e. The number of rotatable bonds is 5. The van der Waals surface area contributed by atoms with Gasteiger partial charge in [0.05, 0.1) is 7.11 Å². The molecule has 1 fully saturated rings. The summed E-state index contributed by atoms with van der Waals surface area (Å²) >= 11 is 0. The van der Waals surface area contributed by atoms with E-state index in [-0.39, 0.29) is 0 Å². The fourth-order valence-electron chi connectivity index (χ4n) is 3.39. The number of ether oxygens (including phenoxy) is 1.